The lowest BCUT2D eigenvalue weighted by atomic mass is 9.75. The van der Waals surface area contributed by atoms with Gasteiger partial charge in [-0.3, -0.25) is 9.88 Å². The Kier molecular flexibility index (Phi) is 6.78. The number of phenolic OH excluding ortho intramolecular Hbond substituents is 1. The van der Waals surface area contributed by atoms with E-state index in [2.05, 4.69) is 25.8 Å². The van der Waals surface area contributed by atoms with Gasteiger partial charge in [0.25, 0.3) is 0 Å². The Bertz CT molecular complexity index is 1930. The molecule has 2 aromatic carbocycles. The maximum Gasteiger partial charge on any atom is 0.329 e. The van der Waals surface area contributed by atoms with E-state index in [1.54, 1.807) is 7.05 Å². The SMILES string of the molecule is C#Cc1c(F)ccc2cc(O)cc(-c3ncc4c(N(C)C5(C(=O)O)CCC5)nc(OC[C@@]56CCCN5C[C@H](F)C6)nc4c3F)c12. The first-order valence-electron chi connectivity index (χ1n) is 14.8. The molecule has 45 heavy (non-hydrogen) atoms. The van der Waals surface area contributed by atoms with Gasteiger partial charge >= 0.3 is 12.0 Å². The predicted octanol–water partition coefficient (Wildman–Crippen LogP) is 5.21. The number of alkyl halides is 1. The number of hydrogen-bond donors (Lipinski definition) is 2. The number of benzene rings is 2. The van der Waals surface area contributed by atoms with Gasteiger partial charge in [0, 0.05) is 37.2 Å². The Morgan fingerprint density at radius 3 is 2.73 bits per heavy atom. The van der Waals surface area contributed by atoms with Crippen molar-refractivity contribution in [1.29, 1.82) is 0 Å². The van der Waals surface area contributed by atoms with Gasteiger partial charge in [0.2, 0.25) is 0 Å². The molecule has 7 rings (SSSR count). The van der Waals surface area contributed by atoms with Crippen LogP contribution in [0, 0.1) is 24.0 Å². The average Bonchev–Trinajstić information content (AvgIpc) is 3.50. The number of carbonyl (C=O) groups is 1. The lowest BCUT2D eigenvalue weighted by Crippen LogP contribution is -2.58. The first-order valence-corrected chi connectivity index (χ1v) is 14.8. The van der Waals surface area contributed by atoms with Crippen molar-refractivity contribution in [2.75, 3.05) is 31.6 Å². The number of likely N-dealkylation sites (N-methyl/N-ethyl adjacent to an activating group) is 1. The van der Waals surface area contributed by atoms with Crippen molar-refractivity contribution in [2.24, 2.45) is 0 Å². The first kappa shape index (κ1) is 29.1. The van der Waals surface area contributed by atoms with Crippen LogP contribution >= 0.6 is 0 Å². The molecule has 0 unspecified atom stereocenters. The van der Waals surface area contributed by atoms with E-state index in [1.807, 2.05) is 0 Å². The number of phenols is 1. The molecule has 2 saturated heterocycles. The number of ether oxygens (including phenoxy) is 1. The molecule has 0 spiro atoms. The first-order chi connectivity index (χ1) is 21.6. The van der Waals surface area contributed by atoms with Crippen molar-refractivity contribution in [1.82, 2.24) is 19.9 Å². The van der Waals surface area contributed by atoms with Gasteiger partial charge in [0.05, 0.1) is 16.5 Å². The molecule has 2 N–H and O–H groups in total. The van der Waals surface area contributed by atoms with E-state index in [0.29, 0.717) is 37.6 Å². The molecule has 4 heterocycles. The monoisotopic (exact) mass is 617 g/mol. The summed E-state index contributed by atoms with van der Waals surface area (Å²) in [5, 5.41) is 21.3. The average molecular weight is 618 g/mol. The zero-order chi connectivity index (χ0) is 31.7. The topological polar surface area (TPSA) is 112 Å². The zero-order valence-electron chi connectivity index (χ0n) is 24.5. The van der Waals surface area contributed by atoms with Crippen LogP contribution in [0.25, 0.3) is 32.9 Å². The van der Waals surface area contributed by atoms with E-state index in [0.717, 1.165) is 19.4 Å². The highest BCUT2D eigenvalue weighted by Crippen LogP contribution is 2.44. The van der Waals surface area contributed by atoms with E-state index in [9.17, 15) is 23.8 Å². The molecule has 0 amide bonds. The fraction of sp³-hybridized carbons (Fsp3) is 0.394. The van der Waals surface area contributed by atoms with Crippen LogP contribution in [0.1, 0.15) is 44.1 Å². The van der Waals surface area contributed by atoms with E-state index >= 15 is 4.39 Å². The van der Waals surface area contributed by atoms with Crippen molar-refractivity contribution in [3.8, 4) is 35.4 Å². The number of pyridine rings is 1. The summed E-state index contributed by atoms with van der Waals surface area (Å²) in [6.07, 6.45) is 9.32. The van der Waals surface area contributed by atoms with Gasteiger partial charge in [0.15, 0.2) is 5.82 Å². The molecule has 0 bridgehead atoms. The van der Waals surface area contributed by atoms with E-state index in [1.165, 1.54) is 35.4 Å². The molecule has 1 aliphatic carbocycles. The van der Waals surface area contributed by atoms with Crippen LogP contribution in [-0.2, 0) is 4.79 Å². The summed E-state index contributed by atoms with van der Waals surface area (Å²) in [5.41, 5.74) is -2.32. The molecule has 2 aliphatic heterocycles. The molecule has 12 heteroatoms. The Labute approximate surface area is 256 Å². The van der Waals surface area contributed by atoms with Crippen molar-refractivity contribution in [2.45, 2.75) is 55.8 Å². The molecule has 2 aromatic heterocycles. The van der Waals surface area contributed by atoms with Crippen LogP contribution in [0.15, 0.2) is 30.5 Å². The molecule has 232 valence electrons. The highest BCUT2D eigenvalue weighted by atomic mass is 19.1. The van der Waals surface area contributed by atoms with Crippen molar-refractivity contribution in [3.05, 3.63) is 47.7 Å². The zero-order valence-corrected chi connectivity index (χ0v) is 24.5. The molecule has 3 aliphatic rings. The molecule has 2 atom stereocenters. The molecule has 3 fully saturated rings. The predicted molar refractivity (Wildman–Crippen MR) is 161 cm³/mol. The summed E-state index contributed by atoms with van der Waals surface area (Å²) in [7, 11) is 1.58. The van der Waals surface area contributed by atoms with Gasteiger partial charge < -0.3 is 19.8 Å². The number of hydrogen-bond acceptors (Lipinski definition) is 8. The minimum absolute atomic E-state index is 0.0502. The summed E-state index contributed by atoms with van der Waals surface area (Å²) < 4.78 is 52.0. The third-order valence-corrected chi connectivity index (χ3v) is 9.86. The molecule has 9 nitrogen and oxygen atoms in total. The number of nitrogens with zero attached hydrogens (tertiary/aromatic N) is 5. The van der Waals surface area contributed by atoms with Crippen molar-refractivity contribution < 1.29 is 32.9 Å². The van der Waals surface area contributed by atoms with Crippen LogP contribution in [0.4, 0.5) is 19.0 Å². The lowest BCUT2D eigenvalue weighted by molar-refractivity contribution is -0.146. The highest BCUT2D eigenvalue weighted by molar-refractivity contribution is 6.03. The van der Waals surface area contributed by atoms with Gasteiger partial charge in [-0.1, -0.05) is 12.0 Å². The number of rotatable bonds is 7. The molecule has 0 radical (unpaired) electrons. The molecular formula is C33H30F3N5O4. The third-order valence-electron chi connectivity index (χ3n) is 9.86. The number of terminal acetylenes is 1. The van der Waals surface area contributed by atoms with E-state index in [-0.39, 0.29) is 57.3 Å². The van der Waals surface area contributed by atoms with Crippen molar-refractivity contribution in [3.63, 3.8) is 0 Å². The largest absolute Gasteiger partial charge is 0.508 e. The van der Waals surface area contributed by atoms with Gasteiger partial charge in [-0.15, -0.1) is 6.42 Å². The maximum absolute atomic E-state index is 16.7. The Morgan fingerprint density at radius 1 is 1.22 bits per heavy atom. The quantitative estimate of drug-likeness (QED) is 0.270. The Balaban J connectivity index is 1.41. The van der Waals surface area contributed by atoms with E-state index < -0.39 is 34.9 Å². The van der Waals surface area contributed by atoms with Crippen LogP contribution in [0.2, 0.25) is 0 Å². The number of aromatic nitrogens is 3. The standard InChI is InChI=1S/C33H30F3N5O4/c1-3-21-24(35)7-6-18-12-20(42)13-22(25(18)21)27-26(36)28-23(15-37-27)29(40(2)33(30(43)44)9-4-10-33)39-31(38-28)45-17-32-8-5-11-41(32)16-19(34)14-32/h1,6-7,12-13,15,19,42H,4-5,8-11,14,16-17H2,2H3,(H,43,44)/t19-,32+/m1/s1. The minimum atomic E-state index is -1.26. The lowest BCUT2D eigenvalue weighted by Gasteiger charge is -2.45. The smallest absolute Gasteiger partial charge is 0.329 e. The van der Waals surface area contributed by atoms with Gasteiger partial charge in [0.1, 0.15) is 46.9 Å². The van der Waals surface area contributed by atoms with Crippen LogP contribution in [0.3, 0.4) is 0 Å². The highest BCUT2D eigenvalue weighted by Gasteiger charge is 2.50. The Hall–Kier alpha value is -4.63. The van der Waals surface area contributed by atoms with Gasteiger partial charge in [-0.25, -0.2) is 18.0 Å². The summed E-state index contributed by atoms with van der Waals surface area (Å²) in [4.78, 5) is 29.3. The number of aromatic hydroxyl groups is 1. The molecule has 1 saturated carbocycles. The summed E-state index contributed by atoms with van der Waals surface area (Å²) in [6, 6.07) is 5.04. The molecular weight excluding hydrogens is 587 g/mol. The summed E-state index contributed by atoms with van der Waals surface area (Å²) >= 11 is 0. The fourth-order valence-corrected chi connectivity index (χ4v) is 7.34. The second kappa shape index (κ2) is 10.5. The van der Waals surface area contributed by atoms with Crippen LogP contribution < -0.4 is 9.64 Å². The van der Waals surface area contributed by atoms with Gasteiger partial charge in [-0.2, -0.15) is 9.97 Å². The Morgan fingerprint density at radius 2 is 2.02 bits per heavy atom. The number of carboxylic acids is 1. The number of halogens is 3. The fourth-order valence-electron chi connectivity index (χ4n) is 7.34. The summed E-state index contributed by atoms with van der Waals surface area (Å²) in [5.74, 6) is -0.430. The summed E-state index contributed by atoms with van der Waals surface area (Å²) in [6.45, 7) is 1.14. The number of fused-ring (bicyclic) bond motifs is 3. The second-order valence-corrected chi connectivity index (χ2v) is 12.3. The number of anilines is 1. The number of aliphatic carboxylic acids is 1. The normalized spacial score (nSPS) is 22.2. The minimum Gasteiger partial charge on any atom is -0.508 e. The van der Waals surface area contributed by atoms with Crippen LogP contribution in [-0.4, -0.2) is 80.0 Å². The number of carboxylic acid groups (broad SMARTS) is 1. The second-order valence-electron chi connectivity index (χ2n) is 12.3. The van der Waals surface area contributed by atoms with Crippen molar-refractivity contribution >= 4 is 33.5 Å². The third kappa shape index (κ3) is 4.43. The molecule has 4 aromatic rings. The van der Waals surface area contributed by atoms with Crippen LogP contribution in [0.5, 0.6) is 11.8 Å². The van der Waals surface area contributed by atoms with Gasteiger partial charge in [-0.05, 0) is 62.2 Å². The maximum atomic E-state index is 16.7. The van der Waals surface area contributed by atoms with E-state index in [4.69, 9.17) is 11.2 Å².